The molecule has 0 radical (unpaired) electrons. The number of hydrogen-bond acceptors (Lipinski definition) is 6. The van der Waals surface area contributed by atoms with Crippen molar-refractivity contribution in [3.05, 3.63) is 18.2 Å². The molecule has 27 heavy (non-hydrogen) atoms. The SMILES string of the molecule is CN(C)[C@@H](C(N)=O)C(=O)Nc1ccc(N2CCOCC2=O)cc1OC(F)F. The number of likely N-dealkylation sites (N-methyl/N-ethyl adjacent to an activating group) is 1. The van der Waals surface area contributed by atoms with Gasteiger partial charge in [0.1, 0.15) is 6.61 Å². The lowest BCUT2D eigenvalue weighted by Gasteiger charge is -2.27. The predicted octanol–water partition coefficient (Wildman–Crippen LogP) is 0.00520. The monoisotopic (exact) mass is 386 g/mol. The van der Waals surface area contributed by atoms with E-state index in [0.29, 0.717) is 12.3 Å². The van der Waals surface area contributed by atoms with Gasteiger partial charge in [-0.25, -0.2) is 0 Å². The standard InChI is InChI=1S/C16H20F2N4O5/c1-21(2)13(14(19)24)15(25)20-10-4-3-9(7-11(10)27-16(17)18)22-5-6-26-8-12(22)23/h3-4,7,13,16H,5-6,8H2,1-2H3,(H2,19,24)(H,20,25)/t13-/m0/s1. The van der Waals surface area contributed by atoms with Gasteiger partial charge in [-0.3, -0.25) is 19.3 Å². The molecule has 0 aliphatic carbocycles. The number of amides is 3. The lowest BCUT2D eigenvalue weighted by atomic mass is 10.2. The fourth-order valence-corrected chi connectivity index (χ4v) is 2.59. The molecule has 2 rings (SSSR count). The number of morpholine rings is 1. The van der Waals surface area contributed by atoms with Gasteiger partial charge in [0, 0.05) is 18.3 Å². The number of benzene rings is 1. The number of hydrogen-bond donors (Lipinski definition) is 2. The third kappa shape index (κ3) is 5.11. The summed E-state index contributed by atoms with van der Waals surface area (Å²) in [5, 5.41) is 2.35. The summed E-state index contributed by atoms with van der Waals surface area (Å²) in [5.74, 6) is -2.38. The van der Waals surface area contributed by atoms with E-state index in [1.165, 1.54) is 42.1 Å². The summed E-state index contributed by atoms with van der Waals surface area (Å²) in [6.45, 7) is -2.72. The Morgan fingerprint density at radius 3 is 2.63 bits per heavy atom. The molecule has 1 aromatic carbocycles. The normalized spacial score (nSPS) is 15.8. The van der Waals surface area contributed by atoms with Crippen molar-refractivity contribution in [3.63, 3.8) is 0 Å². The molecular weight excluding hydrogens is 366 g/mol. The maximum atomic E-state index is 12.8. The van der Waals surface area contributed by atoms with Gasteiger partial charge >= 0.3 is 6.61 Å². The first-order valence-corrected chi connectivity index (χ1v) is 7.94. The first-order valence-electron chi connectivity index (χ1n) is 7.94. The van der Waals surface area contributed by atoms with Crippen LogP contribution in [-0.2, 0) is 19.1 Å². The van der Waals surface area contributed by atoms with E-state index >= 15 is 0 Å². The second-order valence-electron chi connectivity index (χ2n) is 5.91. The smallest absolute Gasteiger partial charge is 0.387 e. The van der Waals surface area contributed by atoms with Crippen LogP contribution >= 0.6 is 0 Å². The van der Waals surface area contributed by atoms with Crippen molar-refractivity contribution < 1.29 is 32.6 Å². The summed E-state index contributed by atoms with van der Waals surface area (Å²) in [4.78, 5) is 38.3. The van der Waals surface area contributed by atoms with Crippen LogP contribution in [0.2, 0.25) is 0 Å². The first kappa shape index (κ1) is 20.5. The topological polar surface area (TPSA) is 114 Å². The van der Waals surface area contributed by atoms with Crippen LogP contribution in [0.3, 0.4) is 0 Å². The number of alkyl halides is 2. The number of nitrogens with zero attached hydrogens (tertiary/aromatic N) is 2. The fraction of sp³-hybridized carbons (Fsp3) is 0.438. The van der Waals surface area contributed by atoms with Gasteiger partial charge in [-0.05, 0) is 26.2 Å². The van der Waals surface area contributed by atoms with Crippen molar-refractivity contribution in [2.45, 2.75) is 12.7 Å². The number of nitrogens with two attached hydrogens (primary N) is 1. The van der Waals surface area contributed by atoms with Crippen LogP contribution in [0.1, 0.15) is 0 Å². The van der Waals surface area contributed by atoms with E-state index in [9.17, 15) is 23.2 Å². The molecule has 1 heterocycles. The molecule has 1 atom stereocenters. The minimum Gasteiger partial charge on any atom is -0.433 e. The minimum absolute atomic E-state index is 0.0853. The van der Waals surface area contributed by atoms with Crippen molar-refractivity contribution >= 4 is 29.1 Å². The molecule has 3 amide bonds. The Balaban J connectivity index is 2.31. The number of carbonyl (C=O) groups is 3. The van der Waals surface area contributed by atoms with E-state index < -0.39 is 24.5 Å². The summed E-state index contributed by atoms with van der Waals surface area (Å²) in [6, 6.07) is 2.68. The summed E-state index contributed by atoms with van der Waals surface area (Å²) in [6.07, 6.45) is 0. The Kier molecular flexibility index (Phi) is 6.64. The molecular formula is C16H20F2N4O5. The molecule has 0 bridgehead atoms. The highest BCUT2D eigenvalue weighted by Gasteiger charge is 2.28. The van der Waals surface area contributed by atoms with E-state index in [0.717, 1.165) is 0 Å². The Morgan fingerprint density at radius 2 is 2.07 bits per heavy atom. The fourth-order valence-electron chi connectivity index (χ4n) is 2.59. The van der Waals surface area contributed by atoms with Gasteiger partial charge in [0.25, 0.3) is 11.8 Å². The zero-order valence-electron chi connectivity index (χ0n) is 14.8. The Morgan fingerprint density at radius 1 is 1.37 bits per heavy atom. The molecule has 3 N–H and O–H groups in total. The van der Waals surface area contributed by atoms with Gasteiger partial charge in [-0.15, -0.1) is 0 Å². The first-order chi connectivity index (χ1) is 12.7. The molecule has 0 spiro atoms. The summed E-state index contributed by atoms with van der Waals surface area (Å²) >= 11 is 0. The molecule has 1 aromatic rings. The van der Waals surface area contributed by atoms with Crippen molar-refractivity contribution in [3.8, 4) is 5.75 Å². The van der Waals surface area contributed by atoms with Gasteiger partial charge in [0.05, 0.1) is 12.3 Å². The van der Waals surface area contributed by atoms with Crippen LogP contribution in [0.5, 0.6) is 5.75 Å². The summed E-state index contributed by atoms with van der Waals surface area (Å²) in [7, 11) is 2.94. The maximum absolute atomic E-state index is 12.8. The highest BCUT2D eigenvalue weighted by molar-refractivity contribution is 6.10. The average molecular weight is 386 g/mol. The second-order valence-corrected chi connectivity index (χ2v) is 5.91. The summed E-state index contributed by atoms with van der Waals surface area (Å²) in [5.41, 5.74) is 5.43. The van der Waals surface area contributed by atoms with Gasteiger partial charge in [0.15, 0.2) is 11.8 Å². The Labute approximate surface area is 154 Å². The van der Waals surface area contributed by atoms with Crippen LogP contribution in [-0.4, -0.2) is 69.1 Å². The predicted molar refractivity (Wildman–Crippen MR) is 91.5 cm³/mol. The van der Waals surface area contributed by atoms with Crippen LogP contribution in [0.25, 0.3) is 0 Å². The number of rotatable bonds is 7. The van der Waals surface area contributed by atoms with Crippen LogP contribution < -0.4 is 20.7 Å². The highest BCUT2D eigenvalue weighted by Crippen LogP contribution is 2.32. The number of carbonyl (C=O) groups excluding carboxylic acids is 3. The molecule has 0 saturated carbocycles. The van der Waals surface area contributed by atoms with Gasteiger partial charge < -0.3 is 25.4 Å². The van der Waals surface area contributed by atoms with E-state index in [1.807, 2.05) is 0 Å². The van der Waals surface area contributed by atoms with Crippen molar-refractivity contribution in [1.82, 2.24) is 4.90 Å². The quantitative estimate of drug-likeness (QED) is 0.638. The molecule has 11 heteroatoms. The molecule has 1 saturated heterocycles. The zero-order chi connectivity index (χ0) is 20.1. The third-order valence-corrected chi connectivity index (χ3v) is 3.77. The van der Waals surface area contributed by atoms with E-state index in [1.54, 1.807) is 0 Å². The van der Waals surface area contributed by atoms with Gasteiger partial charge in [0.2, 0.25) is 5.91 Å². The minimum atomic E-state index is -3.16. The van der Waals surface area contributed by atoms with Crippen molar-refractivity contribution in [2.24, 2.45) is 5.73 Å². The van der Waals surface area contributed by atoms with Crippen LogP contribution in [0.15, 0.2) is 18.2 Å². The lowest BCUT2D eigenvalue weighted by molar-refractivity contribution is -0.131. The van der Waals surface area contributed by atoms with E-state index in [4.69, 9.17) is 10.5 Å². The molecule has 1 fully saturated rings. The Bertz CT molecular complexity index is 729. The van der Waals surface area contributed by atoms with Crippen molar-refractivity contribution in [1.29, 1.82) is 0 Å². The number of halogens is 2. The van der Waals surface area contributed by atoms with Crippen molar-refractivity contribution in [2.75, 3.05) is 44.1 Å². The Hall–Kier alpha value is -2.79. The maximum Gasteiger partial charge on any atom is 0.387 e. The number of ether oxygens (including phenoxy) is 2. The third-order valence-electron chi connectivity index (χ3n) is 3.77. The van der Waals surface area contributed by atoms with Crippen LogP contribution in [0, 0.1) is 0 Å². The van der Waals surface area contributed by atoms with E-state index in [2.05, 4.69) is 10.1 Å². The number of anilines is 2. The van der Waals surface area contributed by atoms with Gasteiger partial charge in [-0.1, -0.05) is 0 Å². The largest absolute Gasteiger partial charge is 0.433 e. The average Bonchev–Trinajstić information content (AvgIpc) is 2.55. The summed E-state index contributed by atoms with van der Waals surface area (Å²) < 4.78 is 35.1. The molecule has 148 valence electrons. The molecule has 0 aromatic heterocycles. The number of primary amides is 1. The lowest BCUT2D eigenvalue weighted by Crippen LogP contribution is -2.49. The van der Waals surface area contributed by atoms with Crippen LogP contribution in [0.4, 0.5) is 20.2 Å². The zero-order valence-corrected chi connectivity index (χ0v) is 14.8. The van der Waals surface area contributed by atoms with E-state index in [-0.39, 0.29) is 30.5 Å². The molecule has 9 nitrogen and oxygen atoms in total. The molecule has 0 unspecified atom stereocenters. The second kappa shape index (κ2) is 8.73. The molecule has 1 aliphatic heterocycles. The molecule has 1 aliphatic rings. The highest BCUT2D eigenvalue weighted by atomic mass is 19.3. The number of nitrogens with one attached hydrogen (secondary N) is 1. The van der Waals surface area contributed by atoms with Gasteiger partial charge in [-0.2, -0.15) is 8.78 Å².